The van der Waals surface area contributed by atoms with E-state index in [-0.39, 0.29) is 23.6 Å². The van der Waals surface area contributed by atoms with E-state index >= 15 is 0 Å². The average Bonchev–Trinajstić information content (AvgIpc) is 3.05. The summed E-state index contributed by atoms with van der Waals surface area (Å²) in [6, 6.07) is 15.4. The van der Waals surface area contributed by atoms with Crippen LogP contribution in [-0.4, -0.2) is 32.3 Å². The molecule has 0 saturated carbocycles. The fraction of sp³-hybridized carbons (Fsp3) is 0.182. The van der Waals surface area contributed by atoms with E-state index in [1.54, 1.807) is 61.5 Å². The number of benzene rings is 2. The van der Waals surface area contributed by atoms with Crippen molar-refractivity contribution in [1.29, 1.82) is 0 Å². The van der Waals surface area contributed by atoms with Crippen molar-refractivity contribution in [1.82, 2.24) is 15.2 Å². The number of hydrogen-bond acceptors (Lipinski definition) is 7. The number of nitrogens with zero attached hydrogens (tertiary/aromatic N) is 4. The Kier molecular flexibility index (Phi) is 6.74. The van der Waals surface area contributed by atoms with Crippen LogP contribution in [0, 0.1) is 24.0 Å². The van der Waals surface area contributed by atoms with Gasteiger partial charge in [0.05, 0.1) is 16.2 Å². The summed E-state index contributed by atoms with van der Waals surface area (Å²) < 4.78 is 6.75. The minimum Gasteiger partial charge on any atom is -0.422 e. The first kappa shape index (κ1) is 22.3. The van der Waals surface area contributed by atoms with E-state index in [1.807, 2.05) is 0 Å². The van der Waals surface area contributed by atoms with Gasteiger partial charge in [-0.05, 0) is 45.0 Å². The molecule has 2 aromatic carbocycles. The Morgan fingerprint density at radius 2 is 1.78 bits per heavy atom. The predicted molar refractivity (Wildman–Crippen MR) is 117 cm³/mol. The van der Waals surface area contributed by atoms with E-state index in [2.05, 4.69) is 15.6 Å². The van der Waals surface area contributed by atoms with Crippen molar-refractivity contribution in [2.24, 2.45) is 5.10 Å². The Morgan fingerprint density at radius 3 is 2.44 bits per heavy atom. The van der Waals surface area contributed by atoms with Crippen molar-refractivity contribution in [2.45, 2.75) is 27.3 Å². The fourth-order valence-corrected chi connectivity index (χ4v) is 3.07. The molecule has 0 aliphatic rings. The van der Waals surface area contributed by atoms with E-state index < -0.39 is 16.8 Å². The van der Waals surface area contributed by atoms with Gasteiger partial charge in [-0.15, -0.1) is 0 Å². The molecule has 0 radical (unpaired) electrons. The van der Waals surface area contributed by atoms with Crippen molar-refractivity contribution in [3.63, 3.8) is 0 Å². The summed E-state index contributed by atoms with van der Waals surface area (Å²) in [6.45, 7) is 4.46. The molecule has 0 saturated heterocycles. The van der Waals surface area contributed by atoms with Crippen LogP contribution in [0.2, 0.25) is 0 Å². The summed E-state index contributed by atoms with van der Waals surface area (Å²) in [6.07, 6.45) is 0. The second-order valence-electron chi connectivity index (χ2n) is 6.92. The van der Waals surface area contributed by atoms with Crippen LogP contribution >= 0.6 is 0 Å². The van der Waals surface area contributed by atoms with Crippen LogP contribution in [0.15, 0.2) is 59.7 Å². The highest BCUT2D eigenvalue weighted by molar-refractivity contribution is 6.02. The first-order chi connectivity index (χ1) is 15.3. The van der Waals surface area contributed by atoms with E-state index in [0.29, 0.717) is 22.6 Å². The summed E-state index contributed by atoms with van der Waals surface area (Å²) in [5, 5.41) is 19.2. The molecule has 1 N–H and O–H groups in total. The molecule has 0 aliphatic heterocycles. The van der Waals surface area contributed by atoms with Crippen LogP contribution in [0.25, 0.3) is 0 Å². The van der Waals surface area contributed by atoms with Gasteiger partial charge in [0.25, 0.3) is 5.91 Å². The van der Waals surface area contributed by atoms with Gasteiger partial charge in [0.15, 0.2) is 0 Å². The van der Waals surface area contributed by atoms with Crippen LogP contribution in [0.4, 0.5) is 5.69 Å². The minimum atomic E-state index is -0.526. The van der Waals surface area contributed by atoms with E-state index in [1.165, 1.54) is 18.5 Å². The lowest BCUT2D eigenvalue weighted by Crippen LogP contribution is -2.25. The summed E-state index contributed by atoms with van der Waals surface area (Å²) in [5.41, 5.74) is 4.14. The molecule has 0 atom stereocenters. The first-order valence-corrected chi connectivity index (χ1v) is 9.66. The second kappa shape index (κ2) is 9.65. The van der Waals surface area contributed by atoms with Crippen molar-refractivity contribution in [2.75, 3.05) is 0 Å². The maximum absolute atomic E-state index is 12.4. The fourth-order valence-electron chi connectivity index (χ4n) is 3.07. The number of carbonyl (C=O) groups is 2. The molecule has 1 heterocycles. The molecule has 0 aliphatic carbocycles. The number of ether oxygens (including phenoxy) is 1. The zero-order valence-corrected chi connectivity index (χ0v) is 17.7. The largest absolute Gasteiger partial charge is 0.422 e. The standard InChI is InChI=1S/C22H21N5O5/c1-14(23-24-20(28)13-26-16(3)21(27(30)31)15(2)25-26)18-11-7-8-12-19(18)32-22(29)17-9-5-4-6-10-17/h4-12H,13H2,1-3H3,(H,24,28)/b23-14+. The highest BCUT2D eigenvalue weighted by atomic mass is 16.6. The molecule has 1 amide bonds. The van der Waals surface area contributed by atoms with Gasteiger partial charge in [-0.2, -0.15) is 10.2 Å². The number of hydrazone groups is 1. The number of carbonyl (C=O) groups excluding carboxylic acids is 2. The summed E-state index contributed by atoms with van der Waals surface area (Å²) in [4.78, 5) is 35.3. The lowest BCUT2D eigenvalue weighted by atomic mass is 10.1. The van der Waals surface area contributed by atoms with E-state index in [4.69, 9.17) is 4.74 Å². The lowest BCUT2D eigenvalue weighted by Gasteiger charge is -2.10. The molecule has 3 rings (SSSR count). The predicted octanol–water partition coefficient (Wildman–Crippen LogP) is 3.17. The summed E-state index contributed by atoms with van der Waals surface area (Å²) >= 11 is 0. The normalized spacial score (nSPS) is 11.2. The molecule has 0 fully saturated rings. The molecule has 0 unspecified atom stereocenters. The summed E-state index contributed by atoms with van der Waals surface area (Å²) in [7, 11) is 0. The molecule has 32 heavy (non-hydrogen) atoms. The molecule has 0 spiro atoms. The molecular formula is C22H21N5O5. The third-order valence-electron chi connectivity index (χ3n) is 4.66. The van der Waals surface area contributed by atoms with Gasteiger partial charge >= 0.3 is 11.7 Å². The molecule has 0 bridgehead atoms. The molecule has 10 heteroatoms. The van der Waals surface area contributed by atoms with Crippen LogP contribution in [0.5, 0.6) is 5.75 Å². The lowest BCUT2D eigenvalue weighted by molar-refractivity contribution is -0.386. The zero-order valence-electron chi connectivity index (χ0n) is 17.7. The number of aryl methyl sites for hydroxylation is 1. The van der Waals surface area contributed by atoms with E-state index in [0.717, 1.165) is 0 Å². The minimum absolute atomic E-state index is 0.119. The average molecular weight is 435 g/mol. The van der Waals surface area contributed by atoms with Gasteiger partial charge in [-0.1, -0.05) is 30.3 Å². The molecule has 10 nitrogen and oxygen atoms in total. The van der Waals surface area contributed by atoms with Gasteiger partial charge in [-0.3, -0.25) is 19.6 Å². The summed E-state index contributed by atoms with van der Waals surface area (Å²) in [5.74, 6) is -0.726. The monoisotopic (exact) mass is 435 g/mol. The van der Waals surface area contributed by atoms with E-state index in [9.17, 15) is 19.7 Å². The van der Waals surface area contributed by atoms with Crippen molar-refractivity contribution < 1.29 is 19.2 Å². The third-order valence-corrected chi connectivity index (χ3v) is 4.66. The second-order valence-corrected chi connectivity index (χ2v) is 6.92. The van der Waals surface area contributed by atoms with Crippen molar-refractivity contribution >= 4 is 23.3 Å². The maximum atomic E-state index is 12.4. The molecule has 164 valence electrons. The number of para-hydroxylation sites is 1. The Bertz CT molecular complexity index is 1200. The quantitative estimate of drug-likeness (QED) is 0.200. The number of nitrogens with one attached hydrogen (secondary N) is 1. The topological polar surface area (TPSA) is 129 Å². The SMILES string of the molecule is C/C(=N\NC(=O)Cn1nc(C)c([N+](=O)[O-])c1C)c1ccccc1OC(=O)c1ccccc1. The highest BCUT2D eigenvalue weighted by Gasteiger charge is 2.22. The Morgan fingerprint density at radius 1 is 1.12 bits per heavy atom. The van der Waals surface area contributed by atoms with Crippen LogP contribution < -0.4 is 10.2 Å². The zero-order chi connectivity index (χ0) is 23.3. The number of hydrogen-bond donors (Lipinski definition) is 1. The van der Waals surface area contributed by atoms with Gasteiger partial charge in [-0.25, -0.2) is 10.2 Å². The van der Waals surface area contributed by atoms with Crippen LogP contribution in [0.3, 0.4) is 0 Å². The smallest absolute Gasteiger partial charge is 0.343 e. The number of esters is 1. The maximum Gasteiger partial charge on any atom is 0.343 e. The Labute approximate surface area is 183 Å². The van der Waals surface area contributed by atoms with Crippen LogP contribution in [-0.2, 0) is 11.3 Å². The number of nitro groups is 1. The highest BCUT2D eigenvalue weighted by Crippen LogP contribution is 2.22. The van der Waals surface area contributed by atoms with Gasteiger partial charge < -0.3 is 4.74 Å². The van der Waals surface area contributed by atoms with Gasteiger partial charge in [0, 0.05) is 5.56 Å². The van der Waals surface area contributed by atoms with Crippen molar-refractivity contribution in [3.8, 4) is 5.75 Å². The number of amides is 1. The van der Waals surface area contributed by atoms with Crippen molar-refractivity contribution in [3.05, 3.63) is 87.2 Å². The number of rotatable bonds is 7. The molecule has 1 aromatic heterocycles. The Hall–Kier alpha value is -4.34. The third kappa shape index (κ3) is 5.04. The van der Waals surface area contributed by atoms with Crippen LogP contribution in [0.1, 0.15) is 34.2 Å². The van der Waals surface area contributed by atoms with Gasteiger partial charge in [0.2, 0.25) is 0 Å². The molecule has 3 aromatic rings. The molecular weight excluding hydrogens is 414 g/mol. The van der Waals surface area contributed by atoms with Gasteiger partial charge in [0.1, 0.15) is 23.7 Å². The Balaban J connectivity index is 1.72. The number of aromatic nitrogens is 2. The first-order valence-electron chi connectivity index (χ1n) is 9.66.